The standard InChI is InChI=1S/C22H26F3N5O2S/c1-33(31,32)12-10-19(22(23,24)25)15-5-2-3-7-17(8-4-6-15)30-14-16(13-29-30)18-9-11-28-21(27)20(18)26/h4,6-9,11,13-14,19H,2-3,5,10,12,26H2,1H3,(H2,27,28)/b8-4+,15-6+,17-7+. The monoisotopic (exact) mass is 481 g/mol. The molecule has 0 saturated carbocycles. The Kier molecular flexibility index (Phi) is 7.31. The summed E-state index contributed by atoms with van der Waals surface area (Å²) in [6.07, 6.45) is 8.68. The summed E-state index contributed by atoms with van der Waals surface area (Å²) < 4.78 is 65.5. The van der Waals surface area contributed by atoms with E-state index in [2.05, 4.69) is 10.1 Å². The lowest BCUT2D eigenvalue weighted by atomic mass is 9.91. The normalized spacial score (nSPS) is 20.5. The summed E-state index contributed by atoms with van der Waals surface area (Å²) in [5, 5.41) is 4.35. The van der Waals surface area contributed by atoms with Crippen molar-refractivity contribution in [3.05, 3.63) is 54.5 Å². The zero-order valence-corrected chi connectivity index (χ0v) is 18.9. The number of allylic oxidation sites excluding steroid dienone is 6. The molecular formula is C22H26F3N5O2S. The van der Waals surface area contributed by atoms with Crippen LogP contribution < -0.4 is 11.5 Å². The van der Waals surface area contributed by atoms with Gasteiger partial charge in [0.2, 0.25) is 0 Å². The first-order chi connectivity index (χ1) is 15.5. The summed E-state index contributed by atoms with van der Waals surface area (Å²) in [6.45, 7) is 0. The first kappa shape index (κ1) is 24.6. The van der Waals surface area contributed by atoms with Crippen molar-refractivity contribution in [2.75, 3.05) is 23.5 Å². The molecule has 0 spiro atoms. The van der Waals surface area contributed by atoms with Crippen LogP contribution in [0, 0.1) is 5.92 Å². The van der Waals surface area contributed by atoms with Gasteiger partial charge < -0.3 is 11.5 Å². The van der Waals surface area contributed by atoms with Gasteiger partial charge in [0.05, 0.1) is 29.3 Å². The Balaban J connectivity index is 1.85. The summed E-state index contributed by atoms with van der Waals surface area (Å²) in [5.74, 6) is -2.09. The Bertz CT molecular complexity index is 1200. The first-order valence-corrected chi connectivity index (χ1v) is 12.4. The van der Waals surface area contributed by atoms with E-state index in [0.717, 1.165) is 11.8 Å². The number of nitrogens with zero attached hydrogens (tertiary/aromatic N) is 3. The van der Waals surface area contributed by atoms with Crippen LogP contribution in [0.5, 0.6) is 0 Å². The zero-order chi connectivity index (χ0) is 24.2. The number of anilines is 2. The summed E-state index contributed by atoms with van der Waals surface area (Å²) in [7, 11) is -3.50. The maximum Gasteiger partial charge on any atom is 0.395 e. The van der Waals surface area contributed by atoms with Crippen LogP contribution in [0.3, 0.4) is 0 Å². The van der Waals surface area contributed by atoms with Gasteiger partial charge in [0.25, 0.3) is 0 Å². The lowest BCUT2D eigenvalue weighted by Crippen LogP contribution is -2.27. The number of aromatic nitrogens is 3. The van der Waals surface area contributed by atoms with Crippen LogP contribution in [0.4, 0.5) is 24.7 Å². The van der Waals surface area contributed by atoms with Gasteiger partial charge in [-0.1, -0.05) is 23.8 Å². The van der Waals surface area contributed by atoms with Crippen molar-refractivity contribution in [2.24, 2.45) is 5.92 Å². The van der Waals surface area contributed by atoms with Gasteiger partial charge in [0, 0.05) is 29.8 Å². The van der Waals surface area contributed by atoms with E-state index < -0.39 is 34.1 Å². The Hall–Kier alpha value is -3.08. The van der Waals surface area contributed by atoms with Gasteiger partial charge in [-0.05, 0) is 37.8 Å². The Morgan fingerprint density at radius 3 is 2.73 bits per heavy atom. The average Bonchev–Trinajstić information content (AvgIpc) is 3.21. The molecule has 0 saturated heterocycles. The van der Waals surface area contributed by atoms with Crippen molar-refractivity contribution < 1.29 is 21.6 Å². The van der Waals surface area contributed by atoms with E-state index in [0.29, 0.717) is 29.8 Å². The molecule has 4 N–H and O–H groups in total. The van der Waals surface area contributed by atoms with Gasteiger partial charge in [0.15, 0.2) is 0 Å². The van der Waals surface area contributed by atoms with Crippen LogP contribution in [0.1, 0.15) is 25.7 Å². The average molecular weight is 482 g/mol. The van der Waals surface area contributed by atoms with Crippen LogP contribution in [0.2, 0.25) is 0 Å². The predicted octanol–water partition coefficient (Wildman–Crippen LogP) is 4.23. The molecule has 1 aliphatic rings. The highest BCUT2D eigenvalue weighted by Gasteiger charge is 2.41. The molecule has 3 rings (SSSR count). The number of halogens is 3. The number of hydrogen-bond acceptors (Lipinski definition) is 6. The highest BCUT2D eigenvalue weighted by molar-refractivity contribution is 7.90. The van der Waals surface area contributed by atoms with Gasteiger partial charge in [-0.25, -0.2) is 18.1 Å². The van der Waals surface area contributed by atoms with E-state index in [9.17, 15) is 21.6 Å². The van der Waals surface area contributed by atoms with E-state index in [1.807, 2.05) is 6.08 Å². The SMILES string of the molecule is CS(=O)(=O)CCC(/C1=C/C=C/C(n2cc(-c3ccnc(N)c3N)cn2)=C\CCC1)C(F)(F)F. The van der Waals surface area contributed by atoms with Gasteiger partial charge >= 0.3 is 6.18 Å². The molecule has 0 bridgehead atoms. The largest absolute Gasteiger partial charge is 0.395 e. The second kappa shape index (κ2) is 9.82. The minimum Gasteiger partial charge on any atom is -0.395 e. The molecular weight excluding hydrogens is 455 g/mol. The third-order valence-corrected chi connectivity index (χ3v) is 6.38. The van der Waals surface area contributed by atoms with Crippen molar-refractivity contribution in [1.29, 1.82) is 0 Å². The summed E-state index contributed by atoms with van der Waals surface area (Å²) in [5.41, 5.74) is 14.4. The molecule has 1 atom stereocenters. The number of rotatable bonds is 6. The molecule has 0 amide bonds. The minimum absolute atomic E-state index is 0.179. The molecule has 0 fully saturated rings. The Morgan fingerprint density at radius 1 is 1.27 bits per heavy atom. The number of alkyl halides is 3. The van der Waals surface area contributed by atoms with E-state index in [1.54, 1.807) is 41.5 Å². The third-order valence-electron chi connectivity index (χ3n) is 5.40. The Morgan fingerprint density at radius 2 is 2.03 bits per heavy atom. The molecule has 7 nitrogen and oxygen atoms in total. The second-order valence-corrected chi connectivity index (χ2v) is 10.2. The fraction of sp³-hybridized carbons (Fsp3) is 0.364. The van der Waals surface area contributed by atoms with Gasteiger partial charge in [-0.2, -0.15) is 18.3 Å². The lowest BCUT2D eigenvalue weighted by Gasteiger charge is -2.23. The van der Waals surface area contributed by atoms with Crippen molar-refractivity contribution in [3.8, 4) is 11.1 Å². The van der Waals surface area contributed by atoms with Crippen LogP contribution >= 0.6 is 0 Å². The maximum atomic E-state index is 13.7. The molecule has 2 heterocycles. The molecule has 1 aliphatic carbocycles. The highest BCUT2D eigenvalue weighted by Crippen LogP contribution is 2.37. The van der Waals surface area contributed by atoms with Crippen LogP contribution in [-0.2, 0) is 9.84 Å². The molecule has 33 heavy (non-hydrogen) atoms. The lowest BCUT2D eigenvalue weighted by molar-refractivity contribution is -0.165. The second-order valence-electron chi connectivity index (χ2n) is 7.97. The Labute approximate surface area is 190 Å². The van der Waals surface area contributed by atoms with E-state index in [4.69, 9.17) is 11.5 Å². The zero-order valence-electron chi connectivity index (χ0n) is 18.1. The van der Waals surface area contributed by atoms with Gasteiger partial charge in [0.1, 0.15) is 15.7 Å². The third kappa shape index (κ3) is 6.47. The summed E-state index contributed by atoms with van der Waals surface area (Å²) in [6, 6.07) is 1.73. The molecule has 2 aromatic rings. The quantitative estimate of drug-likeness (QED) is 0.638. The number of sulfone groups is 1. The van der Waals surface area contributed by atoms with Crippen molar-refractivity contribution in [3.63, 3.8) is 0 Å². The maximum absolute atomic E-state index is 13.7. The van der Waals surface area contributed by atoms with Crippen molar-refractivity contribution in [1.82, 2.24) is 14.8 Å². The molecule has 0 radical (unpaired) electrons. The molecule has 2 aromatic heterocycles. The predicted molar refractivity (Wildman–Crippen MR) is 124 cm³/mol. The van der Waals surface area contributed by atoms with Gasteiger partial charge in [-0.15, -0.1) is 0 Å². The molecule has 0 aromatic carbocycles. The molecule has 178 valence electrons. The van der Waals surface area contributed by atoms with E-state index in [-0.39, 0.29) is 17.8 Å². The van der Waals surface area contributed by atoms with E-state index in [1.165, 1.54) is 6.08 Å². The van der Waals surface area contributed by atoms with Crippen LogP contribution in [0.25, 0.3) is 16.8 Å². The fourth-order valence-electron chi connectivity index (χ4n) is 3.67. The number of pyridine rings is 1. The van der Waals surface area contributed by atoms with Crippen LogP contribution in [0.15, 0.2) is 54.5 Å². The first-order valence-electron chi connectivity index (χ1n) is 10.3. The molecule has 0 aliphatic heterocycles. The smallest absolute Gasteiger partial charge is 0.395 e. The number of nitrogens with two attached hydrogens (primary N) is 2. The van der Waals surface area contributed by atoms with Crippen molar-refractivity contribution in [2.45, 2.75) is 31.9 Å². The number of hydrogen-bond donors (Lipinski definition) is 2. The fourth-order valence-corrected chi connectivity index (χ4v) is 4.34. The summed E-state index contributed by atoms with van der Waals surface area (Å²) in [4.78, 5) is 3.94. The van der Waals surface area contributed by atoms with Gasteiger partial charge in [-0.3, -0.25) is 0 Å². The van der Waals surface area contributed by atoms with E-state index >= 15 is 0 Å². The molecule has 11 heteroatoms. The topological polar surface area (TPSA) is 117 Å². The summed E-state index contributed by atoms with van der Waals surface area (Å²) >= 11 is 0. The number of nitrogen functional groups attached to an aromatic ring is 2. The van der Waals surface area contributed by atoms with Crippen molar-refractivity contribution >= 4 is 27.0 Å². The minimum atomic E-state index is -4.52. The molecule has 1 unspecified atom stereocenters. The highest BCUT2D eigenvalue weighted by atomic mass is 32.2. The van der Waals surface area contributed by atoms with Crippen LogP contribution in [-0.4, -0.2) is 41.4 Å².